The molecule has 0 radical (unpaired) electrons. The SMILES string of the molecule is CCC(CC)(CCO)CNC(=O)NC1CCOC1C. The largest absolute Gasteiger partial charge is 0.396 e. The van der Waals surface area contributed by atoms with Gasteiger partial charge in [0.05, 0.1) is 12.1 Å². The molecule has 1 heterocycles. The molecule has 5 nitrogen and oxygen atoms in total. The van der Waals surface area contributed by atoms with Gasteiger partial charge in [0, 0.05) is 19.8 Å². The van der Waals surface area contributed by atoms with Gasteiger partial charge in [-0.05, 0) is 38.0 Å². The van der Waals surface area contributed by atoms with Crippen LogP contribution in [0.5, 0.6) is 0 Å². The normalized spacial score (nSPS) is 23.4. The van der Waals surface area contributed by atoms with Crippen molar-refractivity contribution in [1.82, 2.24) is 10.6 Å². The smallest absolute Gasteiger partial charge is 0.315 e. The third-order valence-corrected chi connectivity index (χ3v) is 4.46. The lowest BCUT2D eigenvalue weighted by Crippen LogP contribution is -2.48. The number of hydrogen-bond acceptors (Lipinski definition) is 3. The van der Waals surface area contributed by atoms with Crippen LogP contribution in [0.25, 0.3) is 0 Å². The van der Waals surface area contributed by atoms with Crippen LogP contribution in [0.2, 0.25) is 0 Å². The maximum Gasteiger partial charge on any atom is 0.315 e. The van der Waals surface area contributed by atoms with E-state index in [0.29, 0.717) is 13.2 Å². The standard InChI is InChI=1S/C14H28N2O3/c1-4-14(5-2,7-8-17)10-15-13(18)16-12-6-9-19-11(12)3/h11-12,17H,4-10H2,1-3H3,(H2,15,16,18). The fourth-order valence-electron chi connectivity index (χ4n) is 2.59. The number of ether oxygens (including phenoxy) is 1. The van der Waals surface area contributed by atoms with Gasteiger partial charge in [0.25, 0.3) is 0 Å². The number of carbonyl (C=O) groups excluding carboxylic acids is 1. The molecule has 0 saturated carbocycles. The van der Waals surface area contributed by atoms with E-state index in [1.807, 2.05) is 6.92 Å². The van der Waals surface area contributed by atoms with Crippen molar-refractivity contribution in [3.05, 3.63) is 0 Å². The van der Waals surface area contributed by atoms with Gasteiger partial charge in [-0.25, -0.2) is 4.79 Å². The van der Waals surface area contributed by atoms with Crippen LogP contribution < -0.4 is 10.6 Å². The second kappa shape index (κ2) is 7.70. The van der Waals surface area contributed by atoms with Gasteiger partial charge in [-0.15, -0.1) is 0 Å². The van der Waals surface area contributed by atoms with Crippen LogP contribution in [0.3, 0.4) is 0 Å². The average Bonchev–Trinajstić information content (AvgIpc) is 2.80. The van der Waals surface area contributed by atoms with E-state index in [1.165, 1.54) is 0 Å². The molecule has 0 aromatic heterocycles. The maximum atomic E-state index is 11.9. The molecule has 1 saturated heterocycles. The highest BCUT2D eigenvalue weighted by atomic mass is 16.5. The first kappa shape index (κ1) is 16.2. The molecule has 0 aromatic carbocycles. The van der Waals surface area contributed by atoms with E-state index < -0.39 is 0 Å². The molecule has 5 heteroatoms. The monoisotopic (exact) mass is 272 g/mol. The molecular formula is C14H28N2O3. The highest BCUT2D eigenvalue weighted by Gasteiger charge is 2.28. The topological polar surface area (TPSA) is 70.6 Å². The summed E-state index contributed by atoms with van der Waals surface area (Å²) in [6.07, 6.45) is 3.59. The lowest BCUT2D eigenvalue weighted by atomic mass is 9.79. The zero-order chi connectivity index (χ0) is 14.3. The Morgan fingerprint density at radius 2 is 2.11 bits per heavy atom. The Bertz CT molecular complexity index is 280. The van der Waals surface area contributed by atoms with E-state index in [1.54, 1.807) is 0 Å². The minimum Gasteiger partial charge on any atom is -0.396 e. The van der Waals surface area contributed by atoms with Crippen molar-refractivity contribution in [2.24, 2.45) is 5.41 Å². The molecule has 19 heavy (non-hydrogen) atoms. The summed E-state index contributed by atoms with van der Waals surface area (Å²) >= 11 is 0. The number of nitrogens with one attached hydrogen (secondary N) is 2. The predicted octanol–water partition coefficient (Wildman–Crippen LogP) is 1.65. The van der Waals surface area contributed by atoms with Crippen molar-refractivity contribution >= 4 is 6.03 Å². The average molecular weight is 272 g/mol. The van der Waals surface area contributed by atoms with Gasteiger partial charge >= 0.3 is 6.03 Å². The van der Waals surface area contributed by atoms with Gasteiger partial charge in [-0.3, -0.25) is 0 Å². The minimum atomic E-state index is -0.133. The van der Waals surface area contributed by atoms with E-state index in [2.05, 4.69) is 24.5 Å². The van der Waals surface area contributed by atoms with Gasteiger partial charge in [0.1, 0.15) is 0 Å². The molecule has 1 aliphatic heterocycles. The van der Waals surface area contributed by atoms with Crippen molar-refractivity contribution < 1.29 is 14.6 Å². The highest BCUT2D eigenvalue weighted by molar-refractivity contribution is 5.74. The molecule has 0 aliphatic carbocycles. The van der Waals surface area contributed by atoms with Crippen LogP contribution in [-0.4, -0.2) is 43.0 Å². The summed E-state index contributed by atoms with van der Waals surface area (Å²) in [6, 6.07) is -0.0259. The number of carbonyl (C=O) groups is 1. The Kier molecular flexibility index (Phi) is 6.58. The zero-order valence-electron chi connectivity index (χ0n) is 12.4. The summed E-state index contributed by atoms with van der Waals surface area (Å²) in [5, 5.41) is 15.0. The van der Waals surface area contributed by atoms with Crippen LogP contribution in [0.1, 0.15) is 46.5 Å². The zero-order valence-corrected chi connectivity index (χ0v) is 12.4. The molecule has 1 rings (SSSR count). The summed E-state index contributed by atoms with van der Waals surface area (Å²) in [6.45, 7) is 7.67. The summed E-state index contributed by atoms with van der Waals surface area (Å²) in [4.78, 5) is 11.9. The third-order valence-electron chi connectivity index (χ3n) is 4.46. The van der Waals surface area contributed by atoms with Crippen molar-refractivity contribution in [1.29, 1.82) is 0 Å². The molecule has 112 valence electrons. The predicted molar refractivity (Wildman–Crippen MR) is 75.1 cm³/mol. The Balaban J connectivity index is 2.39. The first-order valence-corrected chi connectivity index (χ1v) is 7.33. The van der Waals surface area contributed by atoms with E-state index >= 15 is 0 Å². The van der Waals surface area contributed by atoms with Crippen LogP contribution in [0.4, 0.5) is 4.79 Å². The molecule has 2 atom stereocenters. The molecule has 0 spiro atoms. The second-order valence-corrected chi connectivity index (χ2v) is 5.48. The van der Waals surface area contributed by atoms with Crippen molar-refractivity contribution in [3.8, 4) is 0 Å². The Labute approximate surface area is 116 Å². The lowest BCUT2D eigenvalue weighted by Gasteiger charge is -2.31. The Morgan fingerprint density at radius 3 is 2.58 bits per heavy atom. The van der Waals surface area contributed by atoms with Gasteiger partial charge in [-0.2, -0.15) is 0 Å². The summed E-state index contributed by atoms with van der Waals surface area (Å²) in [5.74, 6) is 0. The summed E-state index contributed by atoms with van der Waals surface area (Å²) in [7, 11) is 0. The quantitative estimate of drug-likeness (QED) is 0.660. The van der Waals surface area contributed by atoms with Crippen molar-refractivity contribution in [2.45, 2.75) is 58.6 Å². The van der Waals surface area contributed by atoms with Crippen LogP contribution >= 0.6 is 0 Å². The van der Waals surface area contributed by atoms with Crippen LogP contribution in [0, 0.1) is 5.41 Å². The third kappa shape index (κ3) is 4.66. The Hall–Kier alpha value is -0.810. The molecule has 0 bridgehead atoms. The summed E-state index contributed by atoms with van der Waals surface area (Å²) in [5.41, 5.74) is 0.00385. The number of hydrogen-bond donors (Lipinski definition) is 3. The molecule has 2 amide bonds. The first-order valence-electron chi connectivity index (χ1n) is 7.33. The van der Waals surface area contributed by atoms with E-state index in [0.717, 1.165) is 25.7 Å². The Morgan fingerprint density at radius 1 is 1.42 bits per heavy atom. The second-order valence-electron chi connectivity index (χ2n) is 5.48. The summed E-state index contributed by atoms with van der Waals surface area (Å²) < 4.78 is 5.42. The minimum absolute atomic E-state index is 0.00385. The van der Waals surface area contributed by atoms with Gasteiger partial charge < -0.3 is 20.5 Å². The highest BCUT2D eigenvalue weighted by Crippen LogP contribution is 2.29. The number of aliphatic hydroxyl groups excluding tert-OH is 1. The molecule has 2 unspecified atom stereocenters. The van der Waals surface area contributed by atoms with Gasteiger partial charge in [-0.1, -0.05) is 13.8 Å². The van der Waals surface area contributed by atoms with Gasteiger partial charge in [0.2, 0.25) is 0 Å². The van der Waals surface area contributed by atoms with Crippen molar-refractivity contribution in [3.63, 3.8) is 0 Å². The number of rotatable bonds is 7. The first-order chi connectivity index (χ1) is 9.06. The fraction of sp³-hybridized carbons (Fsp3) is 0.929. The molecule has 0 aromatic rings. The molecule has 1 aliphatic rings. The van der Waals surface area contributed by atoms with Crippen molar-refractivity contribution in [2.75, 3.05) is 19.8 Å². The fourth-order valence-corrected chi connectivity index (χ4v) is 2.59. The van der Waals surface area contributed by atoms with Crippen LogP contribution in [0.15, 0.2) is 0 Å². The molecule has 1 fully saturated rings. The molecular weight excluding hydrogens is 244 g/mol. The number of urea groups is 1. The van der Waals surface area contributed by atoms with Gasteiger partial charge in [0.15, 0.2) is 0 Å². The van der Waals surface area contributed by atoms with Crippen LogP contribution in [-0.2, 0) is 4.74 Å². The lowest BCUT2D eigenvalue weighted by molar-refractivity contribution is 0.113. The number of aliphatic hydroxyl groups is 1. The maximum absolute atomic E-state index is 11.9. The van der Waals surface area contributed by atoms with E-state index in [9.17, 15) is 4.79 Å². The molecule has 3 N–H and O–H groups in total. The van der Waals surface area contributed by atoms with E-state index in [4.69, 9.17) is 9.84 Å². The number of amides is 2. The van der Waals surface area contributed by atoms with E-state index in [-0.39, 0.29) is 30.2 Å².